The number of hydrogen-bond donors (Lipinski definition) is 1. The summed E-state index contributed by atoms with van der Waals surface area (Å²) in [6, 6.07) is 5.79. The van der Waals surface area contributed by atoms with Crippen molar-refractivity contribution in [2.75, 3.05) is 13.7 Å². The molecule has 20 heavy (non-hydrogen) atoms. The minimum Gasteiger partial charge on any atom is -0.494 e. The highest BCUT2D eigenvalue weighted by molar-refractivity contribution is 5.31. The Morgan fingerprint density at radius 2 is 2.20 bits per heavy atom. The minimum absolute atomic E-state index is 0.205. The molecule has 0 bridgehead atoms. The molecule has 1 saturated carbocycles. The van der Waals surface area contributed by atoms with Crippen LogP contribution in [0, 0.1) is 17.7 Å². The summed E-state index contributed by atoms with van der Waals surface area (Å²) in [5.74, 6) is 1.60. The maximum absolute atomic E-state index is 14.3. The lowest BCUT2D eigenvalue weighted by Gasteiger charge is -2.25. The molecule has 0 amide bonds. The van der Waals surface area contributed by atoms with Gasteiger partial charge in [0.1, 0.15) is 0 Å². The Hall–Kier alpha value is -1.09. The normalized spacial score (nSPS) is 23.8. The van der Waals surface area contributed by atoms with Crippen LogP contribution < -0.4 is 10.1 Å². The van der Waals surface area contributed by atoms with Gasteiger partial charge in [-0.3, -0.25) is 0 Å². The summed E-state index contributed by atoms with van der Waals surface area (Å²) in [7, 11) is 1.52. The Balaban J connectivity index is 2.11. The Morgan fingerprint density at radius 1 is 1.40 bits per heavy atom. The van der Waals surface area contributed by atoms with E-state index in [2.05, 4.69) is 19.2 Å². The van der Waals surface area contributed by atoms with Gasteiger partial charge in [0, 0.05) is 6.04 Å². The van der Waals surface area contributed by atoms with Crippen LogP contribution in [0.2, 0.25) is 0 Å². The summed E-state index contributed by atoms with van der Waals surface area (Å²) in [4.78, 5) is 0. The van der Waals surface area contributed by atoms with E-state index in [1.165, 1.54) is 26.4 Å². The lowest BCUT2D eigenvalue weighted by molar-refractivity contribution is 0.345. The molecule has 3 atom stereocenters. The van der Waals surface area contributed by atoms with Gasteiger partial charge in [0.15, 0.2) is 11.6 Å². The molecule has 2 nitrogen and oxygen atoms in total. The van der Waals surface area contributed by atoms with Crippen LogP contribution in [0.4, 0.5) is 4.39 Å². The van der Waals surface area contributed by atoms with Crippen LogP contribution in [0.1, 0.15) is 38.7 Å². The van der Waals surface area contributed by atoms with E-state index in [1.54, 1.807) is 6.07 Å². The monoisotopic (exact) mass is 279 g/mol. The maximum atomic E-state index is 14.3. The number of hydrogen-bond acceptors (Lipinski definition) is 2. The molecule has 1 N–H and O–H groups in total. The van der Waals surface area contributed by atoms with Gasteiger partial charge in [0.2, 0.25) is 0 Å². The molecule has 3 unspecified atom stereocenters. The van der Waals surface area contributed by atoms with Crippen LogP contribution in [0.15, 0.2) is 18.2 Å². The summed E-state index contributed by atoms with van der Waals surface area (Å²) in [6.07, 6.45) is 4.55. The molecule has 1 aliphatic carbocycles. The first-order valence-corrected chi connectivity index (χ1v) is 7.70. The molecule has 0 aliphatic heterocycles. The molecule has 0 aromatic heterocycles. The van der Waals surface area contributed by atoms with Gasteiger partial charge in [-0.25, -0.2) is 4.39 Å². The van der Waals surface area contributed by atoms with Crippen molar-refractivity contribution >= 4 is 0 Å². The van der Waals surface area contributed by atoms with Crippen LogP contribution in [-0.4, -0.2) is 19.7 Å². The van der Waals surface area contributed by atoms with Crippen molar-refractivity contribution in [2.45, 2.75) is 45.6 Å². The molecule has 0 heterocycles. The van der Waals surface area contributed by atoms with Crippen LogP contribution in [0.3, 0.4) is 0 Å². The van der Waals surface area contributed by atoms with Gasteiger partial charge in [-0.1, -0.05) is 32.4 Å². The molecule has 0 radical (unpaired) electrons. The van der Waals surface area contributed by atoms with Gasteiger partial charge in [-0.05, 0) is 49.3 Å². The summed E-state index contributed by atoms with van der Waals surface area (Å²) >= 11 is 0. The number of likely N-dealkylation sites (N-methyl/N-ethyl adjacent to an activating group) is 1. The number of nitrogens with one attached hydrogen (secondary N) is 1. The predicted octanol–water partition coefficient (Wildman–Crippen LogP) is 3.79. The van der Waals surface area contributed by atoms with Crippen molar-refractivity contribution in [2.24, 2.45) is 11.8 Å². The molecule has 1 fully saturated rings. The third kappa shape index (κ3) is 3.51. The Kier molecular flexibility index (Phi) is 5.41. The van der Waals surface area contributed by atoms with Gasteiger partial charge in [-0.15, -0.1) is 0 Å². The van der Waals surface area contributed by atoms with Crippen LogP contribution in [-0.2, 0) is 6.42 Å². The number of ether oxygens (including phenoxy) is 1. The molecule has 0 saturated heterocycles. The maximum Gasteiger partial charge on any atom is 0.168 e. The zero-order valence-electron chi connectivity index (χ0n) is 12.8. The molecule has 1 aliphatic rings. The summed E-state index contributed by atoms with van der Waals surface area (Å²) in [5.41, 5.74) is 0.759. The van der Waals surface area contributed by atoms with Gasteiger partial charge in [0.25, 0.3) is 0 Å². The van der Waals surface area contributed by atoms with Crippen LogP contribution in [0.5, 0.6) is 5.75 Å². The summed E-state index contributed by atoms with van der Waals surface area (Å²) in [6.45, 7) is 5.36. The standard InChI is InChI=1S/C17H26FNO/c1-4-19-15(13-9-8-12(2)10-13)11-14-6-5-7-16(20-3)17(14)18/h5-7,12-13,15,19H,4,8-11H2,1-3H3. The molecule has 3 heteroatoms. The highest BCUT2D eigenvalue weighted by Crippen LogP contribution is 2.34. The second kappa shape index (κ2) is 7.07. The first kappa shape index (κ1) is 15.3. The van der Waals surface area contributed by atoms with Crippen molar-refractivity contribution in [1.82, 2.24) is 5.32 Å². The SMILES string of the molecule is CCNC(Cc1cccc(OC)c1F)C1CCC(C)C1. The fraction of sp³-hybridized carbons (Fsp3) is 0.647. The third-order valence-electron chi connectivity index (χ3n) is 4.47. The minimum atomic E-state index is -0.205. The molecular formula is C17H26FNO. The number of benzene rings is 1. The average Bonchev–Trinajstić information content (AvgIpc) is 2.87. The zero-order chi connectivity index (χ0) is 14.5. The smallest absolute Gasteiger partial charge is 0.168 e. The van der Waals surface area contributed by atoms with Gasteiger partial charge in [0.05, 0.1) is 7.11 Å². The van der Waals surface area contributed by atoms with E-state index in [-0.39, 0.29) is 5.82 Å². The Labute approximate surface area is 121 Å². The summed E-state index contributed by atoms with van der Waals surface area (Å²) < 4.78 is 19.4. The molecular weight excluding hydrogens is 253 g/mol. The molecule has 112 valence electrons. The predicted molar refractivity (Wildman–Crippen MR) is 80.6 cm³/mol. The van der Waals surface area contributed by atoms with Crippen molar-refractivity contribution in [3.05, 3.63) is 29.6 Å². The van der Waals surface area contributed by atoms with E-state index in [0.717, 1.165) is 24.4 Å². The number of methoxy groups -OCH3 is 1. The fourth-order valence-corrected chi connectivity index (χ4v) is 3.39. The van der Waals surface area contributed by atoms with E-state index in [1.807, 2.05) is 12.1 Å². The number of halogens is 1. The van der Waals surface area contributed by atoms with Crippen molar-refractivity contribution in [1.29, 1.82) is 0 Å². The van der Waals surface area contributed by atoms with Gasteiger partial charge < -0.3 is 10.1 Å². The van der Waals surface area contributed by atoms with Crippen LogP contribution in [0.25, 0.3) is 0 Å². The Morgan fingerprint density at radius 3 is 2.80 bits per heavy atom. The lowest BCUT2D eigenvalue weighted by Crippen LogP contribution is -2.37. The number of rotatable bonds is 6. The average molecular weight is 279 g/mol. The van der Waals surface area contributed by atoms with Gasteiger partial charge in [-0.2, -0.15) is 0 Å². The molecule has 1 aromatic rings. The summed E-state index contributed by atoms with van der Waals surface area (Å²) in [5, 5.41) is 3.55. The van der Waals surface area contributed by atoms with Gasteiger partial charge >= 0.3 is 0 Å². The largest absolute Gasteiger partial charge is 0.494 e. The molecule has 2 rings (SSSR count). The molecule has 1 aromatic carbocycles. The van der Waals surface area contributed by atoms with E-state index >= 15 is 0 Å². The highest BCUT2D eigenvalue weighted by atomic mass is 19.1. The van der Waals surface area contributed by atoms with Crippen molar-refractivity contribution in [3.63, 3.8) is 0 Å². The van der Waals surface area contributed by atoms with E-state index < -0.39 is 0 Å². The quantitative estimate of drug-likeness (QED) is 0.855. The zero-order valence-corrected chi connectivity index (χ0v) is 12.8. The fourth-order valence-electron chi connectivity index (χ4n) is 3.39. The lowest BCUT2D eigenvalue weighted by atomic mass is 9.91. The van der Waals surface area contributed by atoms with Crippen molar-refractivity contribution < 1.29 is 9.13 Å². The topological polar surface area (TPSA) is 21.3 Å². The highest BCUT2D eigenvalue weighted by Gasteiger charge is 2.29. The second-order valence-corrected chi connectivity index (χ2v) is 5.98. The van der Waals surface area contributed by atoms with E-state index in [4.69, 9.17) is 4.74 Å². The second-order valence-electron chi connectivity index (χ2n) is 5.98. The third-order valence-corrected chi connectivity index (χ3v) is 4.47. The van der Waals surface area contributed by atoms with E-state index in [0.29, 0.717) is 17.7 Å². The van der Waals surface area contributed by atoms with E-state index in [9.17, 15) is 4.39 Å². The molecule has 0 spiro atoms. The first-order chi connectivity index (χ1) is 9.65. The first-order valence-electron chi connectivity index (χ1n) is 7.70. The van der Waals surface area contributed by atoms with Crippen LogP contribution >= 0.6 is 0 Å². The van der Waals surface area contributed by atoms with Crippen molar-refractivity contribution in [3.8, 4) is 5.75 Å². The Bertz CT molecular complexity index is 435.